The molecule has 6 rings (SSSR count). The van der Waals surface area contributed by atoms with E-state index in [1.54, 1.807) is 6.07 Å². The SMILES string of the molecule is CCCCCC12COC(c3ccc(-c4ccc(-c5cc(F)c(F)c(F)c5)c(F)c4)c(F)c3)(OC1)OC2. The molecular formula is C28H25F5O3. The molecule has 0 atom stereocenters. The molecule has 0 amide bonds. The van der Waals surface area contributed by atoms with E-state index < -0.39 is 35.1 Å². The van der Waals surface area contributed by atoms with E-state index in [0.717, 1.165) is 31.7 Å². The van der Waals surface area contributed by atoms with Crippen LogP contribution in [0.3, 0.4) is 0 Å². The van der Waals surface area contributed by atoms with E-state index in [4.69, 9.17) is 14.2 Å². The normalized spacial score (nSPS) is 23.3. The van der Waals surface area contributed by atoms with Crippen molar-refractivity contribution < 1.29 is 36.2 Å². The highest BCUT2D eigenvalue weighted by molar-refractivity contribution is 5.71. The zero-order valence-electron chi connectivity index (χ0n) is 19.7. The lowest BCUT2D eigenvalue weighted by Gasteiger charge is -2.52. The molecule has 190 valence electrons. The lowest BCUT2D eigenvalue weighted by Crippen LogP contribution is -2.58. The maximum absolute atomic E-state index is 15.2. The number of hydrogen-bond acceptors (Lipinski definition) is 3. The number of fused-ring (bicyclic) bond motifs is 3. The van der Waals surface area contributed by atoms with E-state index in [1.807, 2.05) is 0 Å². The Morgan fingerprint density at radius 3 is 1.81 bits per heavy atom. The third kappa shape index (κ3) is 4.42. The lowest BCUT2D eigenvalue weighted by atomic mass is 9.82. The standard InChI is InChI=1S/C28H25F5O3/c1-2-3-4-9-27-14-34-28(35-15-27,36-16-27)19-6-8-20(23(30)13-19)17-5-7-21(22(29)10-17)18-11-24(31)26(33)25(32)12-18/h5-8,10-13H,2-4,9,14-16H2,1H3. The van der Waals surface area contributed by atoms with Gasteiger partial charge >= 0.3 is 5.97 Å². The third-order valence-electron chi connectivity index (χ3n) is 6.91. The van der Waals surface area contributed by atoms with Crippen LogP contribution in [0.4, 0.5) is 22.0 Å². The first-order valence-electron chi connectivity index (χ1n) is 11.9. The van der Waals surface area contributed by atoms with Gasteiger partial charge in [0.25, 0.3) is 0 Å². The number of halogens is 5. The van der Waals surface area contributed by atoms with Crippen LogP contribution in [0.2, 0.25) is 0 Å². The second kappa shape index (κ2) is 9.57. The van der Waals surface area contributed by atoms with Gasteiger partial charge in [0, 0.05) is 22.1 Å². The van der Waals surface area contributed by atoms with Crippen molar-refractivity contribution in [3.05, 3.63) is 83.2 Å². The van der Waals surface area contributed by atoms with Crippen molar-refractivity contribution in [3.8, 4) is 22.3 Å². The van der Waals surface area contributed by atoms with Crippen molar-refractivity contribution in [2.24, 2.45) is 5.41 Å². The fourth-order valence-electron chi connectivity index (χ4n) is 4.78. The average Bonchev–Trinajstić information content (AvgIpc) is 2.88. The quantitative estimate of drug-likeness (QED) is 0.190. The van der Waals surface area contributed by atoms with Gasteiger partial charge in [-0.25, -0.2) is 22.0 Å². The van der Waals surface area contributed by atoms with Gasteiger partial charge in [0.2, 0.25) is 0 Å². The predicted octanol–water partition coefficient (Wildman–Crippen LogP) is 7.47. The summed E-state index contributed by atoms with van der Waals surface area (Å²) in [6.07, 6.45) is 4.23. The minimum atomic E-state index is -1.63. The zero-order chi connectivity index (χ0) is 25.5. The summed E-state index contributed by atoms with van der Waals surface area (Å²) in [6, 6.07) is 9.46. The van der Waals surface area contributed by atoms with Crippen molar-refractivity contribution in [3.63, 3.8) is 0 Å². The minimum Gasteiger partial charge on any atom is -0.323 e. The van der Waals surface area contributed by atoms with E-state index in [9.17, 15) is 17.6 Å². The Bertz CT molecular complexity index is 1240. The molecule has 3 heterocycles. The van der Waals surface area contributed by atoms with Crippen molar-refractivity contribution in [2.45, 2.75) is 38.6 Å². The first kappa shape index (κ1) is 24.9. The largest absolute Gasteiger partial charge is 0.323 e. The summed E-state index contributed by atoms with van der Waals surface area (Å²) in [5.74, 6) is -7.44. The van der Waals surface area contributed by atoms with E-state index in [2.05, 4.69) is 6.92 Å². The first-order valence-corrected chi connectivity index (χ1v) is 11.9. The van der Waals surface area contributed by atoms with Crippen LogP contribution in [-0.4, -0.2) is 19.8 Å². The van der Waals surface area contributed by atoms with Gasteiger partial charge in [-0.1, -0.05) is 50.5 Å². The van der Waals surface area contributed by atoms with Gasteiger partial charge in [-0.3, -0.25) is 0 Å². The van der Waals surface area contributed by atoms with Crippen molar-refractivity contribution in [1.82, 2.24) is 0 Å². The fraction of sp³-hybridized carbons (Fsp3) is 0.357. The molecule has 36 heavy (non-hydrogen) atoms. The molecule has 0 spiro atoms. The Labute approximate surface area is 205 Å². The molecule has 8 heteroatoms. The van der Waals surface area contributed by atoms with Gasteiger partial charge in [-0.05, 0) is 41.8 Å². The molecule has 3 nitrogen and oxygen atoms in total. The summed E-state index contributed by atoms with van der Waals surface area (Å²) in [4.78, 5) is 0. The Morgan fingerprint density at radius 1 is 0.667 bits per heavy atom. The maximum Gasteiger partial charge on any atom is 0.312 e. The van der Waals surface area contributed by atoms with Gasteiger partial charge in [0.15, 0.2) is 17.5 Å². The topological polar surface area (TPSA) is 27.7 Å². The van der Waals surface area contributed by atoms with E-state index >= 15 is 4.39 Å². The van der Waals surface area contributed by atoms with Crippen LogP contribution in [-0.2, 0) is 20.2 Å². The summed E-state index contributed by atoms with van der Waals surface area (Å²) in [5, 5.41) is 0. The summed E-state index contributed by atoms with van der Waals surface area (Å²) in [6.45, 7) is 3.51. The fourth-order valence-corrected chi connectivity index (χ4v) is 4.78. The molecule has 0 radical (unpaired) electrons. The number of hydrogen-bond donors (Lipinski definition) is 0. The summed E-state index contributed by atoms with van der Waals surface area (Å²) >= 11 is 0. The predicted molar refractivity (Wildman–Crippen MR) is 123 cm³/mol. The molecule has 0 aliphatic carbocycles. The van der Waals surface area contributed by atoms with Gasteiger partial charge in [0.05, 0.1) is 19.8 Å². The van der Waals surface area contributed by atoms with Gasteiger partial charge in [-0.2, -0.15) is 0 Å². The first-order chi connectivity index (χ1) is 17.3. The molecule has 3 aliphatic heterocycles. The highest BCUT2D eigenvalue weighted by atomic mass is 19.2. The van der Waals surface area contributed by atoms with Crippen LogP contribution in [0.25, 0.3) is 22.3 Å². The number of ether oxygens (including phenoxy) is 3. The Kier molecular flexibility index (Phi) is 6.61. The second-order valence-electron chi connectivity index (χ2n) is 9.52. The highest BCUT2D eigenvalue weighted by Gasteiger charge is 2.53. The molecule has 2 bridgehead atoms. The lowest BCUT2D eigenvalue weighted by molar-refractivity contribution is -0.480. The molecule has 0 saturated carbocycles. The van der Waals surface area contributed by atoms with E-state index in [-0.39, 0.29) is 27.7 Å². The zero-order valence-corrected chi connectivity index (χ0v) is 19.7. The molecule has 0 unspecified atom stereocenters. The molecule has 0 N–H and O–H groups in total. The summed E-state index contributed by atoms with van der Waals surface area (Å²) < 4.78 is 88.2. The number of unbranched alkanes of at least 4 members (excludes halogenated alkanes) is 2. The molecular weight excluding hydrogens is 479 g/mol. The molecule has 0 aromatic heterocycles. The van der Waals surface area contributed by atoms with Crippen molar-refractivity contribution in [2.75, 3.05) is 19.8 Å². The Balaban J connectivity index is 1.37. The molecule has 3 aromatic carbocycles. The Morgan fingerprint density at radius 2 is 1.22 bits per heavy atom. The van der Waals surface area contributed by atoms with Gasteiger partial charge in [0.1, 0.15) is 11.6 Å². The van der Waals surface area contributed by atoms with Crippen LogP contribution in [0.1, 0.15) is 38.2 Å². The maximum atomic E-state index is 15.2. The summed E-state index contributed by atoms with van der Waals surface area (Å²) in [7, 11) is 0. The Hall–Kier alpha value is -2.81. The van der Waals surface area contributed by atoms with Crippen LogP contribution in [0, 0.1) is 34.5 Å². The molecule has 3 saturated heterocycles. The highest BCUT2D eigenvalue weighted by Crippen LogP contribution is 2.47. The van der Waals surface area contributed by atoms with Crippen LogP contribution in [0.5, 0.6) is 0 Å². The minimum absolute atomic E-state index is 0.109. The summed E-state index contributed by atoms with van der Waals surface area (Å²) in [5.41, 5.74) is 0.181. The van der Waals surface area contributed by atoms with Gasteiger partial charge in [-0.15, -0.1) is 0 Å². The number of benzene rings is 3. The molecule has 3 aromatic rings. The van der Waals surface area contributed by atoms with Crippen molar-refractivity contribution in [1.29, 1.82) is 0 Å². The molecule has 3 aliphatic rings. The molecule has 3 fully saturated rings. The van der Waals surface area contributed by atoms with Crippen LogP contribution in [0.15, 0.2) is 48.5 Å². The van der Waals surface area contributed by atoms with Crippen molar-refractivity contribution >= 4 is 0 Å². The van der Waals surface area contributed by atoms with Gasteiger partial charge < -0.3 is 14.2 Å². The average molecular weight is 504 g/mol. The van der Waals surface area contributed by atoms with Crippen LogP contribution >= 0.6 is 0 Å². The second-order valence-corrected chi connectivity index (χ2v) is 9.52. The van der Waals surface area contributed by atoms with E-state index in [1.165, 1.54) is 24.3 Å². The van der Waals surface area contributed by atoms with Crippen LogP contribution < -0.4 is 0 Å². The number of rotatable bonds is 7. The smallest absolute Gasteiger partial charge is 0.312 e. The monoisotopic (exact) mass is 504 g/mol. The third-order valence-corrected chi connectivity index (χ3v) is 6.91. The van der Waals surface area contributed by atoms with E-state index in [0.29, 0.717) is 37.5 Å².